The van der Waals surface area contributed by atoms with Crippen molar-refractivity contribution in [2.45, 2.75) is 84.8 Å². The van der Waals surface area contributed by atoms with Gasteiger partial charge < -0.3 is 24.8 Å². The predicted octanol–water partition coefficient (Wildman–Crippen LogP) is 4.41. The monoisotopic (exact) mass is 577 g/mol. The number of likely N-dealkylation sites (tertiary alicyclic amines) is 2. The van der Waals surface area contributed by atoms with Crippen LogP contribution in [0.2, 0.25) is 0 Å². The SMILES string of the molecule is CCNC(=NCC1CCCN(CC)C1)N1CCC(N(CC2CC2)C(=O)OC(C)(C)C)CC1.I. The summed E-state index contributed by atoms with van der Waals surface area (Å²) in [5.74, 6) is 2.37. The second-order valence-corrected chi connectivity index (χ2v) is 10.9. The average Bonchev–Trinajstić information content (AvgIpc) is 3.58. The van der Waals surface area contributed by atoms with Gasteiger partial charge in [0.25, 0.3) is 0 Å². The lowest BCUT2D eigenvalue weighted by Crippen LogP contribution is -2.52. The maximum absolute atomic E-state index is 12.9. The highest BCUT2D eigenvalue weighted by atomic mass is 127. The second-order valence-electron chi connectivity index (χ2n) is 10.9. The Hall–Kier alpha value is -0.770. The van der Waals surface area contributed by atoms with Crippen molar-refractivity contribution in [3.8, 4) is 0 Å². The number of nitrogens with one attached hydrogen (secondary N) is 1. The molecule has 3 fully saturated rings. The fourth-order valence-corrected chi connectivity index (χ4v) is 4.89. The fourth-order valence-electron chi connectivity index (χ4n) is 4.89. The van der Waals surface area contributed by atoms with Gasteiger partial charge in [-0.05, 0) is 91.1 Å². The largest absolute Gasteiger partial charge is 0.444 e. The number of amides is 1. The first kappa shape index (κ1) is 28.5. The van der Waals surface area contributed by atoms with Crippen molar-refractivity contribution in [2.24, 2.45) is 16.8 Å². The molecular weight excluding hydrogens is 529 g/mol. The van der Waals surface area contributed by atoms with Gasteiger partial charge in [-0.2, -0.15) is 0 Å². The number of guanidine groups is 1. The number of carbonyl (C=O) groups is 1. The first-order chi connectivity index (χ1) is 15.3. The standard InChI is InChI=1S/C25H47N5O2.HI/c1-6-26-23(27-17-21-9-8-14-28(7-2)18-21)29-15-12-22(13-16-29)30(19-20-10-11-20)24(31)32-25(3,4)5;/h20-22H,6-19H2,1-5H3,(H,26,27);1H. The van der Waals surface area contributed by atoms with Crippen molar-refractivity contribution < 1.29 is 9.53 Å². The summed E-state index contributed by atoms with van der Waals surface area (Å²) < 4.78 is 5.75. The minimum atomic E-state index is -0.447. The highest BCUT2D eigenvalue weighted by Gasteiger charge is 2.35. The molecule has 2 saturated heterocycles. The quantitative estimate of drug-likeness (QED) is 0.276. The Balaban J connectivity index is 0.00000385. The number of hydrogen-bond donors (Lipinski definition) is 1. The summed E-state index contributed by atoms with van der Waals surface area (Å²) in [5.41, 5.74) is -0.447. The van der Waals surface area contributed by atoms with Crippen LogP contribution in [0.3, 0.4) is 0 Å². The van der Waals surface area contributed by atoms with E-state index in [1.165, 1.54) is 38.8 Å². The van der Waals surface area contributed by atoms with E-state index in [2.05, 4.69) is 29.0 Å². The van der Waals surface area contributed by atoms with Crippen LogP contribution in [-0.4, -0.2) is 90.8 Å². The van der Waals surface area contributed by atoms with Gasteiger partial charge in [0, 0.05) is 45.3 Å². The Kier molecular flexibility index (Phi) is 11.5. The Morgan fingerprint density at radius 1 is 1.06 bits per heavy atom. The molecule has 2 heterocycles. The van der Waals surface area contributed by atoms with Crippen LogP contribution in [0.1, 0.15) is 73.1 Å². The molecule has 0 spiro atoms. The third kappa shape index (κ3) is 9.42. The lowest BCUT2D eigenvalue weighted by atomic mass is 9.98. The molecule has 1 N–H and O–H groups in total. The molecule has 7 nitrogen and oxygen atoms in total. The molecule has 0 radical (unpaired) electrons. The zero-order chi connectivity index (χ0) is 23.1. The average molecular weight is 578 g/mol. The molecule has 8 heteroatoms. The molecule has 3 rings (SSSR count). The van der Waals surface area contributed by atoms with Crippen molar-refractivity contribution in [3.05, 3.63) is 0 Å². The van der Waals surface area contributed by atoms with Crippen LogP contribution in [0.5, 0.6) is 0 Å². The fraction of sp³-hybridized carbons (Fsp3) is 0.920. The molecule has 2 aliphatic heterocycles. The Morgan fingerprint density at radius 3 is 2.33 bits per heavy atom. The van der Waals surface area contributed by atoms with Gasteiger partial charge in [-0.15, -0.1) is 24.0 Å². The van der Waals surface area contributed by atoms with E-state index in [9.17, 15) is 4.79 Å². The van der Waals surface area contributed by atoms with Gasteiger partial charge >= 0.3 is 6.09 Å². The Morgan fingerprint density at radius 2 is 1.76 bits per heavy atom. The van der Waals surface area contributed by atoms with E-state index in [4.69, 9.17) is 9.73 Å². The van der Waals surface area contributed by atoms with E-state index >= 15 is 0 Å². The molecule has 0 bridgehead atoms. The third-order valence-electron chi connectivity index (χ3n) is 6.87. The number of ether oxygens (including phenoxy) is 1. The zero-order valence-electron chi connectivity index (χ0n) is 21.6. The lowest BCUT2D eigenvalue weighted by Gasteiger charge is -2.40. The van der Waals surface area contributed by atoms with E-state index in [1.807, 2.05) is 25.7 Å². The molecule has 1 unspecified atom stereocenters. The highest BCUT2D eigenvalue weighted by molar-refractivity contribution is 14.0. The maximum atomic E-state index is 12.9. The van der Waals surface area contributed by atoms with Crippen molar-refractivity contribution in [3.63, 3.8) is 0 Å². The van der Waals surface area contributed by atoms with Gasteiger partial charge in [-0.1, -0.05) is 6.92 Å². The number of aliphatic imine (C=N–C) groups is 1. The van der Waals surface area contributed by atoms with Crippen molar-refractivity contribution in [1.82, 2.24) is 20.0 Å². The smallest absolute Gasteiger partial charge is 0.410 e. The number of piperidine rings is 2. The summed E-state index contributed by atoms with van der Waals surface area (Å²) in [6.07, 6.45) is 6.87. The van der Waals surface area contributed by atoms with Crippen LogP contribution in [-0.2, 0) is 4.74 Å². The lowest BCUT2D eigenvalue weighted by molar-refractivity contribution is 0.00928. The van der Waals surface area contributed by atoms with Gasteiger partial charge in [0.1, 0.15) is 5.60 Å². The first-order valence-corrected chi connectivity index (χ1v) is 13.0. The molecule has 1 aliphatic carbocycles. The van der Waals surface area contributed by atoms with Gasteiger partial charge in [-0.25, -0.2) is 4.79 Å². The number of hydrogen-bond acceptors (Lipinski definition) is 4. The van der Waals surface area contributed by atoms with E-state index in [0.717, 1.165) is 58.1 Å². The normalized spacial score (nSPS) is 23.1. The van der Waals surface area contributed by atoms with Gasteiger partial charge in [-0.3, -0.25) is 4.99 Å². The molecule has 1 amide bonds. The van der Waals surface area contributed by atoms with Gasteiger partial charge in [0.05, 0.1) is 0 Å². The summed E-state index contributed by atoms with van der Waals surface area (Å²) >= 11 is 0. The molecule has 1 atom stereocenters. The minimum Gasteiger partial charge on any atom is -0.444 e. The number of rotatable bonds is 7. The van der Waals surface area contributed by atoms with E-state index in [-0.39, 0.29) is 36.1 Å². The van der Waals surface area contributed by atoms with Gasteiger partial charge in [0.2, 0.25) is 0 Å². The van der Waals surface area contributed by atoms with Crippen LogP contribution >= 0.6 is 24.0 Å². The minimum absolute atomic E-state index is 0. The summed E-state index contributed by atoms with van der Waals surface area (Å²) in [7, 11) is 0. The zero-order valence-corrected chi connectivity index (χ0v) is 24.0. The Labute approximate surface area is 219 Å². The highest BCUT2D eigenvalue weighted by Crippen LogP contribution is 2.32. The summed E-state index contributed by atoms with van der Waals surface area (Å²) in [4.78, 5) is 24.9. The van der Waals surface area contributed by atoms with Crippen LogP contribution in [0.15, 0.2) is 4.99 Å². The molecular formula is C25H48IN5O2. The van der Waals surface area contributed by atoms with E-state index < -0.39 is 5.60 Å². The molecule has 1 saturated carbocycles. The van der Waals surface area contributed by atoms with Crippen molar-refractivity contribution in [2.75, 3.05) is 52.4 Å². The van der Waals surface area contributed by atoms with Crippen LogP contribution in [0, 0.1) is 11.8 Å². The maximum Gasteiger partial charge on any atom is 0.410 e. The van der Waals surface area contributed by atoms with Crippen LogP contribution in [0.4, 0.5) is 4.79 Å². The van der Waals surface area contributed by atoms with Crippen molar-refractivity contribution in [1.29, 1.82) is 0 Å². The summed E-state index contributed by atoms with van der Waals surface area (Å²) in [6, 6.07) is 0.265. The number of carbonyl (C=O) groups excluding carboxylic acids is 1. The topological polar surface area (TPSA) is 60.4 Å². The van der Waals surface area contributed by atoms with Crippen LogP contribution < -0.4 is 5.32 Å². The molecule has 0 aromatic carbocycles. The van der Waals surface area contributed by atoms with Crippen molar-refractivity contribution >= 4 is 36.0 Å². The molecule has 3 aliphatic rings. The molecule has 0 aromatic rings. The molecule has 0 aromatic heterocycles. The molecule has 192 valence electrons. The number of halogens is 1. The predicted molar refractivity (Wildman–Crippen MR) is 146 cm³/mol. The van der Waals surface area contributed by atoms with Crippen LogP contribution in [0.25, 0.3) is 0 Å². The third-order valence-corrected chi connectivity index (χ3v) is 6.87. The first-order valence-electron chi connectivity index (χ1n) is 13.0. The van der Waals surface area contributed by atoms with E-state index in [0.29, 0.717) is 11.8 Å². The number of nitrogens with zero attached hydrogens (tertiary/aromatic N) is 4. The molecule has 33 heavy (non-hydrogen) atoms. The van der Waals surface area contributed by atoms with Gasteiger partial charge in [0.15, 0.2) is 5.96 Å². The second kappa shape index (κ2) is 13.4. The summed E-state index contributed by atoms with van der Waals surface area (Å²) in [5, 5.41) is 3.51. The van der Waals surface area contributed by atoms with E-state index in [1.54, 1.807) is 0 Å². The Bertz CT molecular complexity index is 627. The summed E-state index contributed by atoms with van der Waals surface area (Å²) in [6.45, 7) is 18.3.